The number of aryl methyl sites for hydroxylation is 1. The molecule has 0 aliphatic carbocycles. The standard InChI is InChI=1S/C21H29N3O.HI/c1-3-22-21(23-14-12-18-9-7-8-17(2)16-18)24-15-13-20(25)19-10-5-4-6-11-19;/h4-11,16,20,25H,3,12-15H2,1-2H3,(H2,22,23,24);1H. The zero-order valence-electron chi connectivity index (χ0n) is 15.6. The summed E-state index contributed by atoms with van der Waals surface area (Å²) < 4.78 is 0. The molecule has 0 fully saturated rings. The van der Waals surface area contributed by atoms with Crippen LogP contribution in [0.3, 0.4) is 0 Å². The van der Waals surface area contributed by atoms with Crippen LogP contribution in [-0.4, -0.2) is 30.7 Å². The summed E-state index contributed by atoms with van der Waals surface area (Å²) in [4.78, 5) is 4.56. The fourth-order valence-corrected chi connectivity index (χ4v) is 2.68. The second-order valence-electron chi connectivity index (χ2n) is 6.14. The molecule has 0 aromatic heterocycles. The Bertz CT molecular complexity index is 661. The summed E-state index contributed by atoms with van der Waals surface area (Å²) in [6.45, 7) is 6.39. The van der Waals surface area contributed by atoms with Gasteiger partial charge in [-0.15, -0.1) is 24.0 Å². The van der Waals surface area contributed by atoms with Gasteiger partial charge in [-0.1, -0.05) is 60.2 Å². The Morgan fingerprint density at radius 3 is 2.54 bits per heavy atom. The highest BCUT2D eigenvalue weighted by atomic mass is 127. The summed E-state index contributed by atoms with van der Waals surface area (Å²) in [7, 11) is 0. The van der Waals surface area contributed by atoms with Gasteiger partial charge in [-0.05, 0) is 37.8 Å². The van der Waals surface area contributed by atoms with Gasteiger partial charge >= 0.3 is 0 Å². The number of aliphatic hydroxyl groups excluding tert-OH is 1. The smallest absolute Gasteiger partial charge is 0.191 e. The molecule has 1 atom stereocenters. The number of nitrogens with one attached hydrogen (secondary N) is 2. The van der Waals surface area contributed by atoms with E-state index in [-0.39, 0.29) is 24.0 Å². The molecule has 5 heteroatoms. The number of guanidine groups is 1. The van der Waals surface area contributed by atoms with Crippen LogP contribution in [0.5, 0.6) is 0 Å². The van der Waals surface area contributed by atoms with E-state index < -0.39 is 6.10 Å². The maximum Gasteiger partial charge on any atom is 0.191 e. The van der Waals surface area contributed by atoms with Crippen LogP contribution in [0, 0.1) is 6.92 Å². The molecular formula is C21H30IN3O. The number of rotatable bonds is 8. The van der Waals surface area contributed by atoms with E-state index >= 15 is 0 Å². The van der Waals surface area contributed by atoms with Gasteiger partial charge in [0.1, 0.15) is 0 Å². The SMILES string of the molecule is CCNC(=NCCC(O)c1ccccc1)NCCc1cccc(C)c1.I. The van der Waals surface area contributed by atoms with Crippen molar-refractivity contribution < 1.29 is 5.11 Å². The van der Waals surface area contributed by atoms with Crippen LogP contribution >= 0.6 is 24.0 Å². The van der Waals surface area contributed by atoms with Gasteiger partial charge < -0.3 is 15.7 Å². The normalized spacial score (nSPS) is 12.2. The zero-order chi connectivity index (χ0) is 17.9. The fourth-order valence-electron chi connectivity index (χ4n) is 2.68. The molecule has 3 N–H and O–H groups in total. The van der Waals surface area contributed by atoms with Gasteiger partial charge in [0, 0.05) is 19.6 Å². The van der Waals surface area contributed by atoms with E-state index in [2.05, 4.69) is 53.7 Å². The zero-order valence-corrected chi connectivity index (χ0v) is 17.9. The second kappa shape index (κ2) is 12.7. The van der Waals surface area contributed by atoms with Gasteiger partial charge in [0.2, 0.25) is 0 Å². The summed E-state index contributed by atoms with van der Waals surface area (Å²) in [6.07, 6.45) is 1.09. The Morgan fingerprint density at radius 1 is 1.08 bits per heavy atom. The first-order chi connectivity index (χ1) is 12.2. The van der Waals surface area contributed by atoms with Crippen LogP contribution in [0.4, 0.5) is 0 Å². The molecule has 0 heterocycles. The van der Waals surface area contributed by atoms with Crippen molar-refractivity contribution in [1.29, 1.82) is 0 Å². The highest BCUT2D eigenvalue weighted by Gasteiger charge is 2.06. The third kappa shape index (κ3) is 8.19. The van der Waals surface area contributed by atoms with Crippen LogP contribution in [-0.2, 0) is 6.42 Å². The Kier molecular flexibility index (Phi) is 11.0. The number of halogens is 1. The number of hydrogen-bond donors (Lipinski definition) is 3. The maximum atomic E-state index is 10.2. The largest absolute Gasteiger partial charge is 0.388 e. The number of aliphatic hydroxyl groups is 1. The minimum Gasteiger partial charge on any atom is -0.388 e. The van der Waals surface area contributed by atoms with Crippen LogP contribution in [0.15, 0.2) is 59.6 Å². The van der Waals surface area contributed by atoms with Crippen molar-refractivity contribution in [2.75, 3.05) is 19.6 Å². The van der Waals surface area contributed by atoms with Crippen molar-refractivity contribution in [2.45, 2.75) is 32.8 Å². The van der Waals surface area contributed by atoms with E-state index in [1.54, 1.807) is 0 Å². The molecule has 0 spiro atoms. The van der Waals surface area contributed by atoms with Crippen LogP contribution < -0.4 is 10.6 Å². The van der Waals surface area contributed by atoms with Crippen molar-refractivity contribution in [3.8, 4) is 0 Å². The average Bonchev–Trinajstić information content (AvgIpc) is 2.62. The number of hydrogen-bond acceptors (Lipinski definition) is 2. The molecule has 2 rings (SSSR count). The lowest BCUT2D eigenvalue weighted by Gasteiger charge is -2.13. The highest BCUT2D eigenvalue weighted by Crippen LogP contribution is 2.15. The minimum absolute atomic E-state index is 0. The molecule has 2 aromatic carbocycles. The lowest BCUT2D eigenvalue weighted by Crippen LogP contribution is -2.38. The number of benzene rings is 2. The van der Waals surface area contributed by atoms with Gasteiger partial charge in [-0.2, -0.15) is 0 Å². The molecular weight excluding hydrogens is 437 g/mol. The monoisotopic (exact) mass is 467 g/mol. The number of nitrogens with zero attached hydrogens (tertiary/aromatic N) is 1. The Balaban J connectivity index is 0.00000338. The molecule has 142 valence electrons. The number of aliphatic imine (C=N–C) groups is 1. The molecule has 26 heavy (non-hydrogen) atoms. The molecule has 1 unspecified atom stereocenters. The first-order valence-corrected chi connectivity index (χ1v) is 8.99. The van der Waals surface area contributed by atoms with Crippen LogP contribution in [0.25, 0.3) is 0 Å². The van der Waals surface area contributed by atoms with Crippen molar-refractivity contribution in [1.82, 2.24) is 10.6 Å². The molecule has 2 aromatic rings. The molecule has 0 radical (unpaired) electrons. The molecule has 0 saturated heterocycles. The lowest BCUT2D eigenvalue weighted by atomic mass is 10.1. The summed E-state index contributed by atoms with van der Waals surface area (Å²) >= 11 is 0. The Labute approximate surface area is 174 Å². The summed E-state index contributed by atoms with van der Waals surface area (Å²) in [5.41, 5.74) is 3.55. The van der Waals surface area contributed by atoms with Crippen molar-refractivity contribution in [2.24, 2.45) is 4.99 Å². The lowest BCUT2D eigenvalue weighted by molar-refractivity contribution is 0.170. The van der Waals surface area contributed by atoms with Crippen molar-refractivity contribution in [3.63, 3.8) is 0 Å². The summed E-state index contributed by atoms with van der Waals surface area (Å²) in [5, 5.41) is 16.8. The predicted octanol–water partition coefficient (Wildman–Crippen LogP) is 3.83. The van der Waals surface area contributed by atoms with Crippen molar-refractivity contribution >= 4 is 29.9 Å². The maximum absolute atomic E-state index is 10.2. The Hall–Kier alpha value is -1.60. The van der Waals surface area contributed by atoms with E-state index in [0.29, 0.717) is 13.0 Å². The summed E-state index contributed by atoms with van der Waals surface area (Å²) in [5.74, 6) is 0.801. The van der Waals surface area contributed by atoms with Gasteiger partial charge in [0.05, 0.1) is 6.10 Å². The van der Waals surface area contributed by atoms with Gasteiger partial charge in [-0.3, -0.25) is 4.99 Å². The third-order valence-electron chi connectivity index (χ3n) is 3.99. The molecule has 0 amide bonds. The van der Waals surface area contributed by atoms with E-state index in [4.69, 9.17) is 0 Å². The topological polar surface area (TPSA) is 56.7 Å². The summed E-state index contributed by atoms with van der Waals surface area (Å²) in [6, 6.07) is 18.3. The first kappa shape index (κ1) is 22.4. The highest BCUT2D eigenvalue weighted by molar-refractivity contribution is 14.0. The molecule has 0 aliphatic rings. The minimum atomic E-state index is -0.472. The van der Waals surface area contributed by atoms with Gasteiger partial charge in [-0.25, -0.2) is 0 Å². The molecule has 4 nitrogen and oxygen atoms in total. The molecule has 0 saturated carbocycles. The van der Waals surface area contributed by atoms with Crippen LogP contribution in [0.2, 0.25) is 0 Å². The van der Waals surface area contributed by atoms with Crippen LogP contribution in [0.1, 0.15) is 36.1 Å². The van der Waals surface area contributed by atoms with E-state index in [1.807, 2.05) is 30.3 Å². The van der Waals surface area contributed by atoms with Crippen molar-refractivity contribution in [3.05, 3.63) is 71.3 Å². The van der Waals surface area contributed by atoms with E-state index in [0.717, 1.165) is 31.0 Å². The second-order valence-corrected chi connectivity index (χ2v) is 6.14. The predicted molar refractivity (Wildman–Crippen MR) is 120 cm³/mol. The Morgan fingerprint density at radius 2 is 1.85 bits per heavy atom. The quantitative estimate of drug-likeness (QED) is 0.314. The van der Waals surface area contributed by atoms with E-state index in [9.17, 15) is 5.11 Å². The van der Waals surface area contributed by atoms with E-state index in [1.165, 1.54) is 11.1 Å². The van der Waals surface area contributed by atoms with Gasteiger partial charge in [0.25, 0.3) is 0 Å². The first-order valence-electron chi connectivity index (χ1n) is 8.99. The third-order valence-corrected chi connectivity index (χ3v) is 3.99. The molecule has 0 bridgehead atoms. The van der Waals surface area contributed by atoms with Gasteiger partial charge in [0.15, 0.2) is 5.96 Å². The molecule has 0 aliphatic heterocycles. The average molecular weight is 467 g/mol. The fraction of sp³-hybridized carbons (Fsp3) is 0.381.